The molecule has 0 fully saturated rings. The minimum atomic E-state index is -0.686. The lowest BCUT2D eigenvalue weighted by Gasteiger charge is -2.26. The summed E-state index contributed by atoms with van der Waals surface area (Å²) in [6, 6.07) is 19.0. The van der Waals surface area contributed by atoms with Gasteiger partial charge in [0, 0.05) is 31.0 Å². The first-order valence-corrected chi connectivity index (χ1v) is 10.1. The Morgan fingerprint density at radius 3 is 2.43 bits per heavy atom. The number of hydrogen-bond acceptors (Lipinski definition) is 4. The molecule has 1 unspecified atom stereocenters. The summed E-state index contributed by atoms with van der Waals surface area (Å²) in [5, 5.41) is 0.664. The van der Waals surface area contributed by atoms with Gasteiger partial charge < -0.3 is 9.64 Å². The van der Waals surface area contributed by atoms with Crippen LogP contribution < -0.4 is 14.5 Å². The maximum absolute atomic E-state index is 13.3. The molecule has 0 radical (unpaired) electrons. The van der Waals surface area contributed by atoms with Gasteiger partial charge in [-0.25, -0.2) is 4.98 Å². The first-order chi connectivity index (χ1) is 14.3. The van der Waals surface area contributed by atoms with Crippen LogP contribution in [0.2, 0.25) is 5.02 Å². The van der Waals surface area contributed by atoms with Gasteiger partial charge in [-0.1, -0.05) is 29.8 Å². The van der Waals surface area contributed by atoms with Crippen molar-refractivity contribution in [3.63, 3.8) is 0 Å². The number of pyridine rings is 1. The second-order valence-corrected chi connectivity index (χ2v) is 7.75. The molecular weight excluding hydrogens is 398 g/mol. The van der Waals surface area contributed by atoms with Crippen LogP contribution in [-0.4, -0.2) is 31.1 Å². The lowest BCUT2D eigenvalue weighted by atomic mass is 10.1. The summed E-state index contributed by atoms with van der Waals surface area (Å²) in [5.41, 5.74) is 3.01. The van der Waals surface area contributed by atoms with Gasteiger partial charge in [-0.05, 0) is 67.4 Å². The normalized spacial score (nSPS) is 11.6. The summed E-state index contributed by atoms with van der Waals surface area (Å²) in [6.07, 6.45) is 0.993. The zero-order chi connectivity index (χ0) is 21.7. The Morgan fingerprint density at radius 2 is 1.83 bits per heavy atom. The second kappa shape index (κ2) is 9.63. The monoisotopic (exact) mass is 423 g/mol. The van der Waals surface area contributed by atoms with Gasteiger partial charge in [-0.15, -0.1) is 0 Å². The first-order valence-electron chi connectivity index (χ1n) is 9.76. The van der Waals surface area contributed by atoms with Crippen LogP contribution in [0.25, 0.3) is 0 Å². The van der Waals surface area contributed by atoms with Crippen molar-refractivity contribution in [2.24, 2.45) is 0 Å². The Morgan fingerprint density at radius 1 is 1.10 bits per heavy atom. The van der Waals surface area contributed by atoms with Crippen LogP contribution in [0.1, 0.15) is 18.1 Å². The Labute approximate surface area is 182 Å². The summed E-state index contributed by atoms with van der Waals surface area (Å²) in [6.45, 7) is 4.05. The Hall–Kier alpha value is -3.05. The van der Waals surface area contributed by atoms with E-state index in [9.17, 15) is 4.79 Å². The summed E-state index contributed by atoms with van der Waals surface area (Å²) in [7, 11) is 3.99. The maximum atomic E-state index is 13.3. The van der Waals surface area contributed by atoms with Crippen LogP contribution in [-0.2, 0) is 11.3 Å². The van der Waals surface area contributed by atoms with E-state index < -0.39 is 6.10 Å². The smallest absolute Gasteiger partial charge is 0.269 e. The molecule has 2 aromatic carbocycles. The second-order valence-electron chi connectivity index (χ2n) is 7.34. The molecule has 5 nitrogen and oxygen atoms in total. The molecule has 0 saturated carbocycles. The number of ether oxygens (including phenoxy) is 1. The molecule has 1 amide bonds. The van der Waals surface area contributed by atoms with Crippen molar-refractivity contribution in [3.8, 4) is 5.75 Å². The minimum absolute atomic E-state index is 0.169. The molecule has 30 heavy (non-hydrogen) atoms. The van der Waals surface area contributed by atoms with Gasteiger partial charge in [-0.2, -0.15) is 0 Å². The number of anilines is 2. The highest BCUT2D eigenvalue weighted by Gasteiger charge is 2.25. The van der Waals surface area contributed by atoms with E-state index in [-0.39, 0.29) is 5.91 Å². The number of nitrogens with zero attached hydrogens (tertiary/aromatic N) is 3. The molecule has 0 bridgehead atoms. The van der Waals surface area contributed by atoms with Crippen LogP contribution in [0.4, 0.5) is 11.5 Å². The van der Waals surface area contributed by atoms with Crippen LogP contribution >= 0.6 is 11.6 Å². The van der Waals surface area contributed by atoms with Crippen molar-refractivity contribution in [2.45, 2.75) is 26.5 Å². The quantitative estimate of drug-likeness (QED) is 0.529. The highest BCUT2D eigenvalue weighted by atomic mass is 35.5. The van der Waals surface area contributed by atoms with Crippen molar-refractivity contribution >= 4 is 29.0 Å². The van der Waals surface area contributed by atoms with E-state index in [2.05, 4.69) is 4.98 Å². The molecule has 0 aliphatic rings. The Bertz CT molecular complexity index is 991. The number of hydrogen-bond donors (Lipinski definition) is 0. The van der Waals surface area contributed by atoms with E-state index in [1.165, 1.54) is 0 Å². The van der Waals surface area contributed by atoms with Gasteiger partial charge in [0.05, 0.1) is 6.54 Å². The fourth-order valence-electron chi connectivity index (χ4n) is 3.03. The topological polar surface area (TPSA) is 45.7 Å². The van der Waals surface area contributed by atoms with Gasteiger partial charge in [0.2, 0.25) is 0 Å². The van der Waals surface area contributed by atoms with Gasteiger partial charge >= 0.3 is 0 Å². The summed E-state index contributed by atoms with van der Waals surface area (Å²) < 4.78 is 5.92. The van der Waals surface area contributed by atoms with Crippen molar-refractivity contribution in [1.29, 1.82) is 0 Å². The number of benzene rings is 2. The minimum Gasteiger partial charge on any atom is -0.481 e. The van der Waals surface area contributed by atoms with E-state index in [0.29, 0.717) is 23.1 Å². The van der Waals surface area contributed by atoms with Crippen molar-refractivity contribution in [1.82, 2.24) is 4.98 Å². The Balaban J connectivity index is 1.82. The largest absolute Gasteiger partial charge is 0.481 e. The molecule has 1 atom stereocenters. The van der Waals surface area contributed by atoms with E-state index in [1.54, 1.807) is 30.2 Å². The van der Waals surface area contributed by atoms with E-state index >= 15 is 0 Å². The molecule has 0 spiro atoms. The average Bonchev–Trinajstić information content (AvgIpc) is 2.75. The zero-order valence-corrected chi connectivity index (χ0v) is 18.4. The summed E-state index contributed by atoms with van der Waals surface area (Å²) in [5.74, 6) is 1.02. The number of rotatable bonds is 7. The van der Waals surface area contributed by atoms with Crippen molar-refractivity contribution < 1.29 is 9.53 Å². The summed E-state index contributed by atoms with van der Waals surface area (Å²) >= 11 is 6.09. The maximum Gasteiger partial charge on any atom is 0.269 e. The molecule has 1 aromatic heterocycles. The summed E-state index contributed by atoms with van der Waals surface area (Å²) in [4.78, 5) is 21.4. The fraction of sp³-hybridized carbons (Fsp3) is 0.250. The van der Waals surface area contributed by atoms with E-state index in [1.807, 2.05) is 74.4 Å². The Kier molecular flexibility index (Phi) is 6.95. The number of aromatic nitrogens is 1. The molecule has 0 aliphatic carbocycles. The van der Waals surface area contributed by atoms with Gasteiger partial charge in [0.15, 0.2) is 6.10 Å². The lowest BCUT2D eigenvalue weighted by Crippen LogP contribution is -2.40. The van der Waals surface area contributed by atoms with Crippen molar-refractivity contribution in [3.05, 3.63) is 83.0 Å². The third-order valence-electron chi connectivity index (χ3n) is 4.78. The molecule has 3 rings (SSSR count). The number of aryl methyl sites for hydroxylation is 1. The molecule has 156 valence electrons. The van der Waals surface area contributed by atoms with E-state index in [0.717, 1.165) is 16.8 Å². The zero-order valence-electron chi connectivity index (χ0n) is 17.7. The van der Waals surface area contributed by atoms with Gasteiger partial charge in [-0.3, -0.25) is 9.69 Å². The third-order valence-corrected chi connectivity index (χ3v) is 5.20. The number of carbonyl (C=O) groups excluding carboxylic acids is 1. The van der Waals surface area contributed by atoms with Crippen LogP contribution in [0.5, 0.6) is 5.75 Å². The first kappa shape index (κ1) is 21.7. The number of carbonyl (C=O) groups is 1. The lowest BCUT2D eigenvalue weighted by molar-refractivity contribution is -0.124. The highest BCUT2D eigenvalue weighted by Crippen LogP contribution is 2.23. The molecule has 1 heterocycles. The molecule has 0 saturated heterocycles. The molecule has 3 aromatic rings. The number of halogens is 1. The van der Waals surface area contributed by atoms with E-state index in [4.69, 9.17) is 16.3 Å². The van der Waals surface area contributed by atoms with Crippen molar-refractivity contribution in [2.75, 3.05) is 23.9 Å². The molecule has 0 aliphatic heterocycles. The fourth-order valence-corrected chi connectivity index (χ4v) is 3.15. The number of amides is 1. The average molecular weight is 424 g/mol. The molecular formula is C24H26ClN3O2. The van der Waals surface area contributed by atoms with Crippen LogP contribution in [0.3, 0.4) is 0 Å². The standard InChI is InChI=1S/C24H26ClN3O2/c1-17-15-21(12-13-22(17)25)30-18(2)24(29)28(23-7-5-6-14-26-23)16-19-8-10-20(11-9-19)27(3)4/h5-15,18H,16H2,1-4H3. The van der Waals surface area contributed by atoms with Gasteiger partial charge in [0.25, 0.3) is 5.91 Å². The molecule has 6 heteroatoms. The highest BCUT2D eigenvalue weighted by molar-refractivity contribution is 6.31. The van der Waals surface area contributed by atoms with Gasteiger partial charge in [0.1, 0.15) is 11.6 Å². The predicted molar refractivity (Wildman–Crippen MR) is 122 cm³/mol. The predicted octanol–water partition coefficient (Wildman–Crippen LogP) is 5.11. The van der Waals surface area contributed by atoms with Crippen LogP contribution in [0, 0.1) is 6.92 Å². The molecule has 0 N–H and O–H groups in total. The SMILES string of the molecule is Cc1cc(OC(C)C(=O)N(Cc2ccc(N(C)C)cc2)c2ccccn2)ccc1Cl. The van der Waals surface area contributed by atoms with Crippen LogP contribution in [0.15, 0.2) is 66.9 Å². The third kappa shape index (κ3) is 5.30.